The highest BCUT2D eigenvalue weighted by Gasteiger charge is 2.40. The number of Topliss-reactive ketones (excluding diaryl/α,β-unsaturated/α-hetero) is 1. The molecule has 1 atom stereocenters. The van der Waals surface area contributed by atoms with E-state index >= 15 is 0 Å². The minimum Gasteiger partial charge on any atom is -0.348 e. The fourth-order valence-corrected chi connectivity index (χ4v) is 2.51. The number of carbonyl (C=O) groups is 2. The molecular formula is C10H11NO2S. The Morgan fingerprint density at radius 3 is 2.93 bits per heavy atom. The number of amides is 1. The van der Waals surface area contributed by atoms with Crippen molar-refractivity contribution in [3.05, 3.63) is 22.4 Å². The molecule has 1 N–H and O–H groups in total. The third kappa shape index (κ3) is 1.35. The van der Waals surface area contributed by atoms with Crippen molar-refractivity contribution in [2.24, 2.45) is 0 Å². The Kier molecular flexibility index (Phi) is 2.15. The molecule has 1 aliphatic rings. The number of hydrogen-bond acceptors (Lipinski definition) is 3. The predicted octanol–water partition coefficient (Wildman–Crippen LogP) is 1.09. The number of ketones is 1. The molecule has 1 aliphatic heterocycles. The number of nitrogens with one attached hydrogen (secondary N) is 1. The van der Waals surface area contributed by atoms with Gasteiger partial charge in [0.25, 0.3) is 0 Å². The van der Waals surface area contributed by atoms with E-state index in [-0.39, 0.29) is 18.2 Å². The smallest absolute Gasteiger partial charge is 0.231 e. The molecule has 0 bridgehead atoms. The summed E-state index contributed by atoms with van der Waals surface area (Å²) in [5, 5.41) is 6.48. The standard InChI is InChI=1S/C10H11NO2S/c1-10(7-2-3-14-6-7)4-8(12)5-11-9(10)13/h2-3,6H,4-5H2,1H3,(H,11,13). The quantitative estimate of drug-likeness (QED) is 0.752. The van der Waals surface area contributed by atoms with Gasteiger partial charge in [-0.2, -0.15) is 11.3 Å². The van der Waals surface area contributed by atoms with E-state index in [1.54, 1.807) is 11.3 Å². The molecule has 1 aromatic heterocycles. The summed E-state index contributed by atoms with van der Waals surface area (Å²) in [5.41, 5.74) is 0.281. The maximum atomic E-state index is 11.7. The van der Waals surface area contributed by atoms with Gasteiger partial charge in [0.1, 0.15) is 0 Å². The van der Waals surface area contributed by atoms with Gasteiger partial charge in [0.15, 0.2) is 5.78 Å². The summed E-state index contributed by atoms with van der Waals surface area (Å²) in [7, 11) is 0. The maximum absolute atomic E-state index is 11.7. The van der Waals surface area contributed by atoms with Gasteiger partial charge in [0, 0.05) is 6.42 Å². The lowest BCUT2D eigenvalue weighted by molar-refractivity contribution is -0.135. The first kappa shape index (κ1) is 9.40. The molecule has 1 fully saturated rings. The first-order valence-corrected chi connectivity index (χ1v) is 5.40. The maximum Gasteiger partial charge on any atom is 0.231 e. The fourth-order valence-electron chi connectivity index (χ4n) is 1.72. The van der Waals surface area contributed by atoms with E-state index in [0.717, 1.165) is 5.56 Å². The van der Waals surface area contributed by atoms with Crippen molar-refractivity contribution in [1.29, 1.82) is 0 Å². The van der Waals surface area contributed by atoms with Gasteiger partial charge in [-0.3, -0.25) is 9.59 Å². The highest BCUT2D eigenvalue weighted by atomic mass is 32.1. The van der Waals surface area contributed by atoms with Gasteiger partial charge < -0.3 is 5.32 Å². The van der Waals surface area contributed by atoms with E-state index in [1.165, 1.54) is 0 Å². The van der Waals surface area contributed by atoms with Gasteiger partial charge in [0.2, 0.25) is 5.91 Å². The summed E-state index contributed by atoms with van der Waals surface area (Å²) < 4.78 is 0. The molecule has 74 valence electrons. The molecule has 0 saturated carbocycles. The summed E-state index contributed by atoms with van der Waals surface area (Å²) in [6.07, 6.45) is 0.315. The van der Waals surface area contributed by atoms with Crippen molar-refractivity contribution in [3.8, 4) is 0 Å². The van der Waals surface area contributed by atoms with Crippen molar-refractivity contribution in [1.82, 2.24) is 5.32 Å². The van der Waals surface area contributed by atoms with Gasteiger partial charge in [0.05, 0.1) is 12.0 Å². The molecule has 1 unspecified atom stereocenters. The van der Waals surface area contributed by atoms with Gasteiger partial charge >= 0.3 is 0 Å². The lowest BCUT2D eigenvalue weighted by atomic mass is 9.76. The van der Waals surface area contributed by atoms with Gasteiger partial charge in [-0.25, -0.2) is 0 Å². The molecule has 0 aliphatic carbocycles. The normalized spacial score (nSPS) is 27.5. The van der Waals surface area contributed by atoms with Crippen LogP contribution in [0.15, 0.2) is 16.8 Å². The topological polar surface area (TPSA) is 46.2 Å². The van der Waals surface area contributed by atoms with E-state index in [4.69, 9.17) is 0 Å². The Balaban J connectivity index is 2.37. The van der Waals surface area contributed by atoms with Crippen LogP contribution in [-0.2, 0) is 15.0 Å². The van der Waals surface area contributed by atoms with Crippen LogP contribution in [0, 0.1) is 0 Å². The number of carbonyl (C=O) groups excluding carboxylic acids is 2. The molecule has 1 aromatic rings. The summed E-state index contributed by atoms with van der Waals surface area (Å²) in [5.74, 6) is 0.0498. The van der Waals surface area contributed by atoms with Crippen LogP contribution in [0.3, 0.4) is 0 Å². The zero-order valence-electron chi connectivity index (χ0n) is 7.87. The third-order valence-electron chi connectivity index (χ3n) is 2.66. The number of hydrogen-bond donors (Lipinski definition) is 1. The van der Waals surface area contributed by atoms with E-state index in [9.17, 15) is 9.59 Å². The Hall–Kier alpha value is -1.16. The average Bonchev–Trinajstić information content (AvgIpc) is 2.65. The van der Waals surface area contributed by atoms with Gasteiger partial charge in [-0.1, -0.05) is 0 Å². The van der Waals surface area contributed by atoms with Crippen molar-refractivity contribution in [2.45, 2.75) is 18.8 Å². The minimum atomic E-state index is -0.657. The molecular weight excluding hydrogens is 198 g/mol. The largest absolute Gasteiger partial charge is 0.348 e. The molecule has 1 amide bonds. The third-order valence-corrected chi connectivity index (χ3v) is 3.34. The van der Waals surface area contributed by atoms with E-state index in [1.807, 2.05) is 23.8 Å². The minimum absolute atomic E-state index is 0.0458. The molecule has 0 aromatic carbocycles. The first-order valence-electron chi connectivity index (χ1n) is 4.45. The summed E-state index contributed by atoms with van der Waals surface area (Å²) >= 11 is 1.54. The van der Waals surface area contributed by atoms with Crippen LogP contribution < -0.4 is 5.32 Å². The summed E-state index contributed by atoms with van der Waals surface area (Å²) in [6, 6.07) is 1.91. The van der Waals surface area contributed by atoms with E-state index in [0.29, 0.717) is 6.42 Å². The highest BCUT2D eigenvalue weighted by Crippen LogP contribution is 2.31. The molecule has 1 saturated heterocycles. The van der Waals surface area contributed by atoms with Crippen molar-refractivity contribution in [3.63, 3.8) is 0 Å². The SMILES string of the molecule is CC1(c2ccsc2)CC(=O)CNC1=O. The highest BCUT2D eigenvalue weighted by molar-refractivity contribution is 7.08. The second-order valence-corrected chi connectivity index (χ2v) is 4.52. The Morgan fingerprint density at radius 1 is 1.50 bits per heavy atom. The Bertz CT molecular complexity index is 371. The number of thiophene rings is 1. The molecule has 14 heavy (non-hydrogen) atoms. The second kappa shape index (κ2) is 3.20. The lowest BCUT2D eigenvalue weighted by Gasteiger charge is -2.30. The Morgan fingerprint density at radius 2 is 2.29 bits per heavy atom. The molecule has 3 nitrogen and oxygen atoms in total. The summed E-state index contributed by atoms with van der Waals surface area (Å²) in [4.78, 5) is 23.0. The monoisotopic (exact) mass is 209 g/mol. The van der Waals surface area contributed by atoms with Gasteiger partial charge in [-0.15, -0.1) is 0 Å². The molecule has 2 heterocycles. The van der Waals surface area contributed by atoms with Crippen molar-refractivity contribution >= 4 is 23.0 Å². The van der Waals surface area contributed by atoms with Crippen molar-refractivity contribution in [2.75, 3.05) is 6.54 Å². The second-order valence-electron chi connectivity index (χ2n) is 3.74. The van der Waals surface area contributed by atoms with E-state index < -0.39 is 5.41 Å². The van der Waals surface area contributed by atoms with E-state index in [2.05, 4.69) is 5.32 Å². The van der Waals surface area contributed by atoms with Crippen LogP contribution in [0.5, 0.6) is 0 Å². The zero-order chi connectivity index (χ0) is 10.2. The molecule has 4 heteroatoms. The van der Waals surface area contributed by atoms with Crippen LogP contribution in [0.4, 0.5) is 0 Å². The predicted molar refractivity (Wildman–Crippen MR) is 54.3 cm³/mol. The lowest BCUT2D eigenvalue weighted by Crippen LogP contribution is -2.50. The van der Waals surface area contributed by atoms with Crippen LogP contribution >= 0.6 is 11.3 Å². The van der Waals surface area contributed by atoms with Gasteiger partial charge in [-0.05, 0) is 29.3 Å². The molecule has 0 spiro atoms. The van der Waals surface area contributed by atoms with Crippen LogP contribution in [0.1, 0.15) is 18.9 Å². The number of piperidine rings is 1. The number of rotatable bonds is 1. The average molecular weight is 209 g/mol. The molecule has 0 radical (unpaired) electrons. The zero-order valence-corrected chi connectivity index (χ0v) is 8.69. The fraction of sp³-hybridized carbons (Fsp3) is 0.400. The molecule has 2 rings (SSSR count). The van der Waals surface area contributed by atoms with Crippen molar-refractivity contribution < 1.29 is 9.59 Å². The summed E-state index contributed by atoms with van der Waals surface area (Å²) in [6.45, 7) is 2.00. The Labute approximate surface area is 86.1 Å². The van der Waals surface area contributed by atoms with Crippen LogP contribution in [0.2, 0.25) is 0 Å². The first-order chi connectivity index (χ1) is 6.63. The van der Waals surface area contributed by atoms with Crippen LogP contribution in [-0.4, -0.2) is 18.2 Å². The van der Waals surface area contributed by atoms with Crippen LogP contribution in [0.25, 0.3) is 0 Å².